The molecule has 1 spiro atoms. The second-order valence-corrected chi connectivity index (χ2v) is 3.87. The molecule has 1 saturated carbocycles. The molecule has 2 fully saturated rings. The van der Waals surface area contributed by atoms with Crippen molar-refractivity contribution in [3.63, 3.8) is 0 Å². The molecule has 0 bridgehead atoms. The third-order valence-electron chi connectivity index (χ3n) is 3.17. The van der Waals surface area contributed by atoms with Crippen LogP contribution in [0.25, 0.3) is 0 Å². The van der Waals surface area contributed by atoms with Gasteiger partial charge in [0.05, 0.1) is 5.60 Å². The number of ether oxygens (including phenoxy) is 1. The fourth-order valence-electron chi connectivity index (χ4n) is 2.43. The number of rotatable bonds is 0. The van der Waals surface area contributed by atoms with Crippen LogP contribution in [0.5, 0.6) is 0 Å². The molecule has 0 aromatic heterocycles. The summed E-state index contributed by atoms with van der Waals surface area (Å²) < 4.78 is 5.81. The first-order valence-electron chi connectivity index (χ1n) is 4.73. The zero-order chi connectivity index (χ0) is 7.73. The lowest BCUT2D eigenvalue weighted by molar-refractivity contribution is -0.0824. The van der Waals surface area contributed by atoms with Crippen molar-refractivity contribution in [3.05, 3.63) is 0 Å². The maximum Gasteiger partial charge on any atom is 0.0832 e. The molecule has 0 aromatic carbocycles. The molecule has 2 atom stereocenters. The van der Waals surface area contributed by atoms with Crippen LogP contribution in [0.2, 0.25) is 0 Å². The van der Waals surface area contributed by atoms with Crippen LogP contribution in [0.15, 0.2) is 0 Å². The topological polar surface area (TPSA) is 35.2 Å². The molecule has 0 radical (unpaired) electrons. The third kappa shape index (κ3) is 1.18. The maximum atomic E-state index is 6.02. The highest BCUT2D eigenvalue weighted by Gasteiger charge is 2.42. The van der Waals surface area contributed by atoms with Gasteiger partial charge >= 0.3 is 0 Å². The molecule has 64 valence electrons. The summed E-state index contributed by atoms with van der Waals surface area (Å²) in [5.41, 5.74) is 6.13. The van der Waals surface area contributed by atoms with Crippen LogP contribution in [0.4, 0.5) is 0 Å². The average Bonchev–Trinajstić information content (AvgIpc) is 2.36. The zero-order valence-corrected chi connectivity index (χ0v) is 7.01. The van der Waals surface area contributed by atoms with Gasteiger partial charge in [-0.05, 0) is 38.5 Å². The van der Waals surface area contributed by atoms with Gasteiger partial charge in [0.25, 0.3) is 0 Å². The van der Waals surface area contributed by atoms with Gasteiger partial charge in [0.1, 0.15) is 0 Å². The lowest BCUT2D eigenvalue weighted by Crippen LogP contribution is -2.47. The van der Waals surface area contributed by atoms with Gasteiger partial charge in [0, 0.05) is 12.6 Å². The molecular weight excluding hydrogens is 138 g/mol. The zero-order valence-electron chi connectivity index (χ0n) is 7.01. The molecule has 0 unspecified atom stereocenters. The summed E-state index contributed by atoms with van der Waals surface area (Å²) in [5.74, 6) is 0. The number of hydrogen-bond donors (Lipinski definition) is 1. The Kier molecular flexibility index (Phi) is 1.90. The van der Waals surface area contributed by atoms with Gasteiger partial charge in [0.15, 0.2) is 0 Å². The van der Waals surface area contributed by atoms with Crippen molar-refractivity contribution in [1.82, 2.24) is 0 Å². The summed E-state index contributed by atoms with van der Waals surface area (Å²) in [5, 5.41) is 0. The highest BCUT2D eigenvalue weighted by atomic mass is 16.5. The molecule has 1 heterocycles. The van der Waals surface area contributed by atoms with E-state index in [1.165, 1.54) is 38.5 Å². The third-order valence-corrected chi connectivity index (χ3v) is 3.17. The van der Waals surface area contributed by atoms with Crippen LogP contribution in [0.1, 0.15) is 38.5 Å². The van der Waals surface area contributed by atoms with E-state index in [1.54, 1.807) is 0 Å². The van der Waals surface area contributed by atoms with Gasteiger partial charge in [-0.1, -0.05) is 0 Å². The van der Waals surface area contributed by atoms with Crippen molar-refractivity contribution in [1.29, 1.82) is 0 Å². The predicted octanol–water partition coefficient (Wildman–Crippen LogP) is 1.44. The molecule has 2 heteroatoms. The van der Waals surface area contributed by atoms with E-state index < -0.39 is 0 Å². The van der Waals surface area contributed by atoms with Gasteiger partial charge in [-0.15, -0.1) is 0 Å². The first kappa shape index (κ1) is 7.56. The van der Waals surface area contributed by atoms with Gasteiger partial charge in [0.2, 0.25) is 0 Å². The smallest absolute Gasteiger partial charge is 0.0832 e. The SMILES string of the molecule is N[C@H]1CCC[C@@]12CCCCO2. The number of nitrogens with two attached hydrogens (primary N) is 1. The highest BCUT2D eigenvalue weighted by molar-refractivity contribution is 4.98. The average molecular weight is 155 g/mol. The fraction of sp³-hybridized carbons (Fsp3) is 1.00. The van der Waals surface area contributed by atoms with E-state index in [-0.39, 0.29) is 5.60 Å². The maximum absolute atomic E-state index is 6.02. The Morgan fingerprint density at radius 2 is 2.00 bits per heavy atom. The van der Waals surface area contributed by atoms with E-state index in [0.29, 0.717) is 6.04 Å². The van der Waals surface area contributed by atoms with E-state index in [1.807, 2.05) is 0 Å². The Hall–Kier alpha value is -0.0800. The Balaban J connectivity index is 2.06. The Morgan fingerprint density at radius 1 is 1.18 bits per heavy atom. The minimum absolute atomic E-state index is 0.109. The Bertz CT molecular complexity index is 140. The summed E-state index contributed by atoms with van der Waals surface area (Å²) in [6.07, 6.45) is 7.38. The van der Waals surface area contributed by atoms with Crippen molar-refractivity contribution in [2.24, 2.45) is 5.73 Å². The second kappa shape index (κ2) is 2.76. The molecule has 2 nitrogen and oxygen atoms in total. The normalized spacial score (nSPS) is 45.0. The predicted molar refractivity (Wildman–Crippen MR) is 44.4 cm³/mol. The van der Waals surface area contributed by atoms with Crippen molar-refractivity contribution >= 4 is 0 Å². The first-order valence-corrected chi connectivity index (χ1v) is 4.73. The molecule has 1 aliphatic heterocycles. The van der Waals surface area contributed by atoms with E-state index >= 15 is 0 Å². The van der Waals surface area contributed by atoms with E-state index in [2.05, 4.69) is 0 Å². The molecule has 1 saturated heterocycles. The van der Waals surface area contributed by atoms with Crippen LogP contribution in [0.3, 0.4) is 0 Å². The highest BCUT2D eigenvalue weighted by Crippen LogP contribution is 2.38. The summed E-state index contributed by atoms with van der Waals surface area (Å²) >= 11 is 0. The van der Waals surface area contributed by atoms with Gasteiger partial charge in [-0.3, -0.25) is 0 Å². The largest absolute Gasteiger partial charge is 0.373 e. The van der Waals surface area contributed by atoms with E-state index in [0.717, 1.165) is 6.61 Å². The first-order chi connectivity index (χ1) is 5.33. The molecule has 11 heavy (non-hydrogen) atoms. The van der Waals surface area contributed by atoms with Crippen molar-refractivity contribution in [2.75, 3.05) is 6.61 Å². The molecule has 1 aliphatic carbocycles. The van der Waals surface area contributed by atoms with Crippen molar-refractivity contribution in [2.45, 2.75) is 50.2 Å². The number of hydrogen-bond acceptors (Lipinski definition) is 2. The van der Waals surface area contributed by atoms with Crippen LogP contribution in [-0.2, 0) is 4.74 Å². The van der Waals surface area contributed by atoms with Gasteiger partial charge in [-0.25, -0.2) is 0 Å². The summed E-state index contributed by atoms with van der Waals surface area (Å²) in [6, 6.07) is 0.322. The second-order valence-electron chi connectivity index (χ2n) is 3.87. The van der Waals surface area contributed by atoms with Crippen molar-refractivity contribution in [3.8, 4) is 0 Å². The Labute approximate surface area is 68.1 Å². The lowest BCUT2D eigenvalue weighted by atomic mass is 9.89. The van der Waals surface area contributed by atoms with Crippen LogP contribution in [0, 0.1) is 0 Å². The monoisotopic (exact) mass is 155 g/mol. The van der Waals surface area contributed by atoms with Crippen LogP contribution in [-0.4, -0.2) is 18.2 Å². The summed E-state index contributed by atoms with van der Waals surface area (Å²) in [7, 11) is 0. The van der Waals surface area contributed by atoms with Crippen LogP contribution >= 0.6 is 0 Å². The van der Waals surface area contributed by atoms with Crippen LogP contribution < -0.4 is 5.73 Å². The molecule has 0 amide bonds. The molecular formula is C9H17NO. The molecule has 2 rings (SSSR count). The summed E-state index contributed by atoms with van der Waals surface area (Å²) in [6.45, 7) is 0.938. The molecule has 0 aromatic rings. The standard InChI is InChI=1S/C9H17NO/c10-8-4-3-6-9(8)5-1-2-7-11-9/h8H,1-7,10H2/t8-,9-/m0/s1. The summed E-state index contributed by atoms with van der Waals surface area (Å²) in [4.78, 5) is 0. The van der Waals surface area contributed by atoms with E-state index in [4.69, 9.17) is 10.5 Å². The van der Waals surface area contributed by atoms with Gasteiger partial charge in [-0.2, -0.15) is 0 Å². The fourth-order valence-corrected chi connectivity index (χ4v) is 2.43. The van der Waals surface area contributed by atoms with Crippen molar-refractivity contribution < 1.29 is 4.74 Å². The molecule has 2 aliphatic rings. The van der Waals surface area contributed by atoms with Gasteiger partial charge < -0.3 is 10.5 Å². The Morgan fingerprint density at radius 3 is 2.55 bits per heavy atom. The minimum atomic E-state index is 0.109. The lowest BCUT2D eigenvalue weighted by Gasteiger charge is -2.37. The minimum Gasteiger partial charge on any atom is -0.373 e. The van der Waals surface area contributed by atoms with E-state index in [9.17, 15) is 0 Å². The molecule has 2 N–H and O–H groups in total. The quantitative estimate of drug-likeness (QED) is 0.574.